The molecule has 13 heteroatoms. The molecule has 0 spiro atoms. The molecule has 2 heterocycles. The fourth-order valence-electron chi connectivity index (χ4n) is 2.87. The highest BCUT2D eigenvalue weighted by Gasteiger charge is 2.31. The van der Waals surface area contributed by atoms with Crippen molar-refractivity contribution in [3.05, 3.63) is 59.4 Å². The number of halogens is 4. The minimum absolute atomic E-state index is 0.00740. The van der Waals surface area contributed by atoms with Gasteiger partial charge in [-0.05, 0) is 30.3 Å². The van der Waals surface area contributed by atoms with Crippen molar-refractivity contribution in [1.29, 1.82) is 0 Å². The van der Waals surface area contributed by atoms with Crippen molar-refractivity contribution in [2.45, 2.75) is 11.2 Å². The van der Waals surface area contributed by atoms with Gasteiger partial charge in [0.2, 0.25) is 5.91 Å². The van der Waals surface area contributed by atoms with Gasteiger partial charge in [0, 0.05) is 6.07 Å². The number of anilines is 1. The van der Waals surface area contributed by atoms with Crippen LogP contribution in [0.5, 0.6) is 5.75 Å². The van der Waals surface area contributed by atoms with E-state index in [-0.39, 0.29) is 16.5 Å². The van der Waals surface area contributed by atoms with Crippen molar-refractivity contribution in [2.24, 2.45) is 0 Å². The number of hydrogen-bond acceptors (Lipinski definition) is 7. The molecule has 0 saturated carbocycles. The number of amides is 1. The second-order valence-corrected chi connectivity index (χ2v) is 7.95. The highest BCUT2D eigenvalue weighted by Crippen LogP contribution is 2.34. The summed E-state index contributed by atoms with van der Waals surface area (Å²) in [7, 11) is 1.55. The van der Waals surface area contributed by atoms with Gasteiger partial charge in [-0.2, -0.15) is 17.9 Å². The van der Waals surface area contributed by atoms with Gasteiger partial charge in [-0.3, -0.25) is 4.79 Å². The van der Waals surface area contributed by atoms with Gasteiger partial charge in [0.15, 0.2) is 11.2 Å². The number of ether oxygens (including phenoxy) is 1. The van der Waals surface area contributed by atoms with Gasteiger partial charge >= 0.3 is 6.18 Å². The summed E-state index contributed by atoms with van der Waals surface area (Å²) >= 11 is 6.97. The Bertz CT molecular complexity index is 1330. The standard InChI is InChI=1S/C20H14ClF3N6O2S/c1-32-13-4-2-3-12(8-13)30-18-17(28-29-30)19(26-10-25-18)33-9-16(31)27-15-7-11(20(22,23)24)5-6-14(15)21/h2-8,10H,9H2,1H3,(H,27,31). The molecule has 0 fully saturated rings. The summed E-state index contributed by atoms with van der Waals surface area (Å²) in [5, 5.41) is 11.0. The Hall–Kier alpha value is -3.38. The maximum atomic E-state index is 12.9. The van der Waals surface area contributed by atoms with Crippen molar-refractivity contribution >= 4 is 46.1 Å². The van der Waals surface area contributed by atoms with Crippen LogP contribution in [0.4, 0.5) is 18.9 Å². The third-order valence-corrected chi connectivity index (χ3v) is 5.72. The summed E-state index contributed by atoms with van der Waals surface area (Å²) in [6.45, 7) is 0. The Balaban J connectivity index is 1.51. The molecule has 0 aliphatic carbocycles. The number of rotatable bonds is 6. The lowest BCUT2D eigenvalue weighted by Gasteiger charge is -2.11. The lowest BCUT2D eigenvalue weighted by Crippen LogP contribution is -2.15. The molecule has 2 aromatic heterocycles. The number of carbonyl (C=O) groups is 1. The van der Waals surface area contributed by atoms with Crippen LogP contribution in [0.15, 0.2) is 53.8 Å². The smallest absolute Gasteiger partial charge is 0.416 e. The summed E-state index contributed by atoms with van der Waals surface area (Å²) in [4.78, 5) is 20.7. The first-order valence-corrected chi connectivity index (χ1v) is 10.6. The van der Waals surface area contributed by atoms with Gasteiger partial charge in [-0.25, -0.2) is 9.97 Å². The van der Waals surface area contributed by atoms with Gasteiger partial charge in [0.25, 0.3) is 0 Å². The molecule has 0 unspecified atom stereocenters. The zero-order chi connectivity index (χ0) is 23.6. The van der Waals surface area contributed by atoms with E-state index in [0.717, 1.165) is 30.0 Å². The van der Waals surface area contributed by atoms with E-state index >= 15 is 0 Å². The molecule has 0 bridgehead atoms. The largest absolute Gasteiger partial charge is 0.497 e. The van der Waals surface area contributed by atoms with E-state index in [1.807, 2.05) is 0 Å². The lowest BCUT2D eigenvalue weighted by atomic mass is 10.2. The molecule has 1 amide bonds. The van der Waals surface area contributed by atoms with Crippen LogP contribution in [-0.4, -0.2) is 43.7 Å². The number of nitrogens with zero attached hydrogens (tertiary/aromatic N) is 5. The van der Waals surface area contributed by atoms with E-state index in [1.165, 1.54) is 11.0 Å². The molecule has 0 atom stereocenters. The average molecular weight is 495 g/mol. The van der Waals surface area contributed by atoms with Gasteiger partial charge < -0.3 is 10.1 Å². The summed E-state index contributed by atoms with van der Waals surface area (Å²) < 4.78 is 45.5. The Kier molecular flexibility index (Phi) is 6.38. The summed E-state index contributed by atoms with van der Waals surface area (Å²) in [6, 6.07) is 9.85. The molecular formula is C20H14ClF3N6O2S. The fourth-order valence-corrected chi connectivity index (χ4v) is 3.76. The number of nitrogens with one attached hydrogen (secondary N) is 1. The molecule has 0 aliphatic rings. The first-order chi connectivity index (χ1) is 15.8. The van der Waals surface area contributed by atoms with Crippen LogP contribution >= 0.6 is 23.4 Å². The Morgan fingerprint density at radius 2 is 2.03 bits per heavy atom. The van der Waals surface area contributed by atoms with Crippen LogP contribution in [0.25, 0.3) is 16.9 Å². The van der Waals surface area contributed by atoms with E-state index < -0.39 is 17.6 Å². The summed E-state index contributed by atoms with van der Waals surface area (Å²) in [5.41, 5.74) is 0.413. The van der Waals surface area contributed by atoms with Crippen LogP contribution in [0.1, 0.15) is 5.56 Å². The Morgan fingerprint density at radius 1 is 1.21 bits per heavy atom. The van der Waals surface area contributed by atoms with Crippen molar-refractivity contribution in [1.82, 2.24) is 25.0 Å². The monoisotopic (exact) mass is 494 g/mol. The van der Waals surface area contributed by atoms with E-state index in [2.05, 4.69) is 25.6 Å². The number of fused-ring (bicyclic) bond motifs is 1. The van der Waals surface area contributed by atoms with Gasteiger partial charge in [-0.15, -0.1) is 5.10 Å². The Labute approximate surface area is 194 Å². The molecule has 0 radical (unpaired) electrons. The fraction of sp³-hybridized carbons (Fsp3) is 0.150. The van der Waals surface area contributed by atoms with Crippen molar-refractivity contribution in [2.75, 3.05) is 18.2 Å². The van der Waals surface area contributed by atoms with Gasteiger partial charge in [-0.1, -0.05) is 34.6 Å². The molecule has 2 aromatic carbocycles. The van der Waals surface area contributed by atoms with Gasteiger partial charge in [0.05, 0.1) is 34.8 Å². The van der Waals surface area contributed by atoms with E-state index in [0.29, 0.717) is 27.6 Å². The average Bonchev–Trinajstić information content (AvgIpc) is 3.23. The highest BCUT2D eigenvalue weighted by atomic mass is 35.5. The molecule has 33 heavy (non-hydrogen) atoms. The van der Waals surface area contributed by atoms with E-state index in [4.69, 9.17) is 16.3 Å². The first kappa shape index (κ1) is 22.8. The zero-order valence-electron chi connectivity index (χ0n) is 16.8. The highest BCUT2D eigenvalue weighted by molar-refractivity contribution is 8.00. The molecule has 8 nitrogen and oxygen atoms in total. The second-order valence-electron chi connectivity index (χ2n) is 6.58. The molecule has 4 aromatic rings. The summed E-state index contributed by atoms with van der Waals surface area (Å²) in [5.74, 6) is -0.0806. The Morgan fingerprint density at radius 3 is 2.79 bits per heavy atom. The number of methoxy groups -OCH3 is 1. The molecule has 1 N–H and O–H groups in total. The van der Waals surface area contributed by atoms with Gasteiger partial charge in [0.1, 0.15) is 17.1 Å². The number of benzene rings is 2. The maximum Gasteiger partial charge on any atom is 0.416 e. The van der Waals surface area contributed by atoms with Crippen LogP contribution in [-0.2, 0) is 11.0 Å². The van der Waals surface area contributed by atoms with Crippen LogP contribution in [0, 0.1) is 0 Å². The predicted octanol–water partition coefficient (Wildman–Crippen LogP) is 4.62. The zero-order valence-corrected chi connectivity index (χ0v) is 18.4. The number of alkyl halides is 3. The topological polar surface area (TPSA) is 94.8 Å². The lowest BCUT2D eigenvalue weighted by molar-refractivity contribution is -0.137. The maximum absolute atomic E-state index is 12.9. The van der Waals surface area contributed by atoms with Crippen molar-refractivity contribution in [3.8, 4) is 11.4 Å². The minimum atomic E-state index is -4.56. The molecule has 170 valence electrons. The van der Waals surface area contributed by atoms with E-state index in [9.17, 15) is 18.0 Å². The normalized spacial score (nSPS) is 11.5. The van der Waals surface area contributed by atoms with Crippen molar-refractivity contribution < 1.29 is 22.7 Å². The number of thioether (sulfide) groups is 1. The number of hydrogen-bond donors (Lipinski definition) is 1. The van der Waals surface area contributed by atoms with Crippen LogP contribution in [0.3, 0.4) is 0 Å². The number of aromatic nitrogens is 5. The minimum Gasteiger partial charge on any atom is -0.497 e. The summed E-state index contributed by atoms with van der Waals surface area (Å²) in [6.07, 6.45) is -3.24. The SMILES string of the molecule is COc1cccc(-n2nnc3c(SCC(=O)Nc4cc(C(F)(F)F)ccc4Cl)ncnc32)c1. The van der Waals surface area contributed by atoms with Crippen LogP contribution < -0.4 is 10.1 Å². The molecule has 4 rings (SSSR count). The molecule has 0 saturated heterocycles. The van der Waals surface area contributed by atoms with Crippen LogP contribution in [0.2, 0.25) is 5.02 Å². The first-order valence-electron chi connectivity index (χ1n) is 9.26. The van der Waals surface area contributed by atoms with Crippen molar-refractivity contribution in [3.63, 3.8) is 0 Å². The third kappa shape index (κ3) is 5.01. The number of carbonyl (C=O) groups excluding carboxylic acids is 1. The quantitative estimate of drug-likeness (QED) is 0.308. The van der Waals surface area contributed by atoms with E-state index in [1.54, 1.807) is 31.4 Å². The molecular weight excluding hydrogens is 481 g/mol. The second kappa shape index (κ2) is 9.24. The third-order valence-electron chi connectivity index (χ3n) is 4.41. The predicted molar refractivity (Wildman–Crippen MR) is 117 cm³/mol. The molecule has 0 aliphatic heterocycles.